The van der Waals surface area contributed by atoms with Crippen LogP contribution in [0.25, 0.3) is 0 Å². The van der Waals surface area contributed by atoms with E-state index < -0.39 is 0 Å². The molecule has 0 radical (unpaired) electrons. The van der Waals surface area contributed by atoms with E-state index in [4.69, 9.17) is 10.5 Å². The summed E-state index contributed by atoms with van der Waals surface area (Å²) in [5.74, 6) is 2.15. The van der Waals surface area contributed by atoms with Crippen LogP contribution in [0.1, 0.15) is 25.7 Å². The molecule has 1 aliphatic heterocycles. The summed E-state index contributed by atoms with van der Waals surface area (Å²) < 4.78 is 5.35. The number of guanidine groups is 2. The van der Waals surface area contributed by atoms with E-state index >= 15 is 0 Å². The average Bonchev–Trinajstić information content (AvgIpc) is 2.86. The molecule has 0 bridgehead atoms. The standard InChI is InChI=1S/C14H19N5O/c1-20-11-7-3-2-6-10(11)16-13-17-12(15)18-14(19-13)8-4-5-9-14/h2-3,6-7H,4-5,8-9H2,1H3,(H4,15,16,17,18,19)/p+2. The number of ether oxygens (including phenoxy) is 1. The Morgan fingerprint density at radius 2 is 2.00 bits per heavy atom. The molecule has 3 rings (SSSR count). The second-order valence-corrected chi connectivity index (χ2v) is 5.28. The van der Waals surface area contributed by atoms with Gasteiger partial charge in [-0.2, -0.15) is 5.32 Å². The lowest BCUT2D eigenvalue weighted by Gasteiger charge is -2.22. The monoisotopic (exact) mass is 275 g/mol. The molecule has 6 nitrogen and oxygen atoms in total. The van der Waals surface area contributed by atoms with Gasteiger partial charge in [0.05, 0.1) is 7.11 Å². The molecule has 1 saturated carbocycles. The molecule has 0 atom stereocenters. The second kappa shape index (κ2) is 5.03. The van der Waals surface area contributed by atoms with Crippen molar-refractivity contribution in [3.8, 4) is 5.75 Å². The van der Waals surface area contributed by atoms with Gasteiger partial charge in [0.15, 0.2) is 5.75 Å². The van der Waals surface area contributed by atoms with Crippen molar-refractivity contribution in [2.45, 2.75) is 31.3 Å². The average molecular weight is 275 g/mol. The molecule has 6 heteroatoms. The lowest BCUT2D eigenvalue weighted by atomic mass is 10.1. The van der Waals surface area contributed by atoms with Gasteiger partial charge in [0.2, 0.25) is 5.66 Å². The first-order valence-corrected chi connectivity index (χ1v) is 6.94. The van der Waals surface area contributed by atoms with Crippen LogP contribution in [0.4, 0.5) is 5.69 Å². The van der Waals surface area contributed by atoms with E-state index in [9.17, 15) is 0 Å². The summed E-state index contributed by atoms with van der Waals surface area (Å²) in [7, 11) is 1.66. The van der Waals surface area contributed by atoms with E-state index in [0.717, 1.165) is 30.2 Å². The summed E-state index contributed by atoms with van der Waals surface area (Å²) in [6.07, 6.45) is 4.53. The summed E-state index contributed by atoms with van der Waals surface area (Å²) in [6, 6.07) is 7.79. The number of hydrogen-bond acceptors (Lipinski definition) is 4. The zero-order chi connectivity index (χ0) is 14.0. The van der Waals surface area contributed by atoms with Crippen LogP contribution in [0.2, 0.25) is 0 Å². The Morgan fingerprint density at radius 3 is 2.75 bits per heavy atom. The van der Waals surface area contributed by atoms with Gasteiger partial charge < -0.3 is 4.74 Å². The Morgan fingerprint density at radius 1 is 1.25 bits per heavy atom. The minimum absolute atomic E-state index is 0.125. The molecule has 1 aromatic rings. The van der Waals surface area contributed by atoms with Crippen LogP contribution in [-0.4, -0.2) is 24.7 Å². The van der Waals surface area contributed by atoms with Crippen LogP contribution < -0.4 is 31.1 Å². The number of benzene rings is 1. The van der Waals surface area contributed by atoms with Gasteiger partial charge >= 0.3 is 11.9 Å². The Hall–Kier alpha value is -2.24. The summed E-state index contributed by atoms with van der Waals surface area (Å²) in [5, 5.41) is 6.40. The fourth-order valence-electron chi connectivity index (χ4n) is 2.90. The third-order valence-electron chi connectivity index (χ3n) is 3.82. The highest BCUT2D eigenvalue weighted by atomic mass is 16.5. The summed E-state index contributed by atoms with van der Waals surface area (Å²) in [4.78, 5) is 6.80. The molecule has 0 saturated heterocycles. The Kier molecular flexibility index (Phi) is 3.22. The van der Waals surface area contributed by atoms with Gasteiger partial charge in [0.1, 0.15) is 5.69 Å². The molecule has 106 valence electrons. The second-order valence-electron chi connectivity index (χ2n) is 5.28. The Bertz CT molecular complexity index is 560. The molecular weight excluding hydrogens is 254 g/mol. The van der Waals surface area contributed by atoms with E-state index in [1.807, 2.05) is 24.3 Å². The molecule has 1 fully saturated rings. The van der Waals surface area contributed by atoms with Crippen LogP contribution in [-0.2, 0) is 0 Å². The molecular formula is C14H21N5O+2. The van der Waals surface area contributed by atoms with E-state index in [2.05, 4.69) is 20.6 Å². The fraction of sp³-hybridized carbons (Fsp3) is 0.429. The maximum atomic E-state index is 5.97. The van der Waals surface area contributed by atoms with Gasteiger partial charge in [-0.05, 0) is 25.0 Å². The van der Waals surface area contributed by atoms with E-state index in [0.29, 0.717) is 5.96 Å². The van der Waals surface area contributed by atoms with Crippen molar-refractivity contribution in [3.63, 3.8) is 0 Å². The highest BCUT2D eigenvalue weighted by molar-refractivity contribution is 6.01. The van der Waals surface area contributed by atoms with Crippen LogP contribution in [0.5, 0.6) is 5.75 Å². The van der Waals surface area contributed by atoms with Crippen molar-refractivity contribution in [2.24, 2.45) is 5.73 Å². The fourth-order valence-corrected chi connectivity index (χ4v) is 2.90. The first kappa shape index (κ1) is 12.8. The molecule has 6 N–H and O–H groups in total. The number of nitrogens with two attached hydrogens (primary N) is 1. The number of nitrogens with one attached hydrogen (secondary N) is 4. The van der Waals surface area contributed by atoms with Crippen molar-refractivity contribution >= 4 is 17.6 Å². The normalized spacial score (nSPS) is 20.1. The molecule has 1 aromatic carbocycles. The first-order chi connectivity index (χ1) is 9.71. The smallest absolute Gasteiger partial charge is 0.361 e. The molecule has 1 heterocycles. The topological polar surface area (TPSA) is 87.2 Å². The van der Waals surface area contributed by atoms with Gasteiger partial charge in [-0.15, -0.1) is 0 Å². The van der Waals surface area contributed by atoms with Crippen molar-refractivity contribution in [3.05, 3.63) is 24.3 Å². The van der Waals surface area contributed by atoms with E-state index in [1.165, 1.54) is 12.8 Å². The van der Waals surface area contributed by atoms with Crippen LogP contribution >= 0.6 is 0 Å². The summed E-state index contributed by atoms with van der Waals surface area (Å²) in [5.41, 5.74) is 6.74. The Balaban J connectivity index is 1.85. The maximum Gasteiger partial charge on any atom is 0.361 e. The lowest BCUT2D eigenvalue weighted by molar-refractivity contribution is -0.797. The van der Waals surface area contributed by atoms with Crippen molar-refractivity contribution in [1.29, 1.82) is 0 Å². The van der Waals surface area contributed by atoms with Crippen LogP contribution in [0.15, 0.2) is 24.3 Å². The zero-order valence-corrected chi connectivity index (χ0v) is 11.6. The molecule has 1 aliphatic carbocycles. The SMILES string of the molecule is COc1ccccc1NC1=[NH+]C2(CCCC2)[NH+]=C(N)N1. The molecule has 1 spiro atoms. The number of anilines is 1. The van der Waals surface area contributed by atoms with E-state index in [-0.39, 0.29) is 5.66 Å². The highest BCUT2D eigenvalue weighted by Gasteiger charge is 2.40. The minimum atomic E-state index is -0.125. The number of rotatable bonds is 2. The number of methoxy groups -OCH3 is 1. The summed E-state index contributed by atoms with van der Waals surface area (Å²) >= 11 is 0. The van der Waals surface area contributed by atoms with Gasteiger partial charge in [-0.1, -0.05) is 12.1 Å². The van der Waals surface area contributed by atoms with Gasteiger partial charge in [0.25, 0.3) is 0 Å². The quantitative estimate of drug-likeness (QED) is 0.424. The molecule has 0 unspecified atom stereocenters. The van der Waals surface area contributed by atoms with Crippen molar-refractivity contribution in [1.82, 2.24) is 5.32 Å². The predicted molar refractivity (Wildman–Crippen MR) is 77.1 cm³/mol. The van der Waals surface area contributed by atoms with E-state index in [1.54, 1.807) is 7.11 Å². The van der Waals surface area contributed by atoms with Crippen molar-refractivity contribution < 1.29 is 14.7 Å². The molecule has 20 heavy (non-hydrogen) atoms. The molecule has 2 aliphatic rings. The van der Waals surface area contributed by atoms with Crippen LogP contribution in [0.3, 0.4) is 0 Å². The largest absolute Gasteiger partial charge is 0.493 e. The van der Waals surface area contributed by atoms with Crippen molar-refractivity contribution in [2.75, 3.05) is 12.4 Å². The third-order valence-corrected chi connectivity index (χ3v) is 3.82. The van der Waals surface area contributed by atoms with Gasteiger partial charge in [0, 0.05) is 12.8 Å². The van der Waals surface area contributed by atoms with Gasteiger partial charge in [-0.25, -0.2) is 15.3 Å². The third kappa shape index (κ3) is 2.41. The Labute approximate surface area is 118 Å². The number of hydrogen-bond donors (Lipinski definition) is 5. The maximum absolute atomic E-state index is 5.97. The lowest BCUT2D eigenvalue weighted by Crippen LogP contribution is -3.14. The first-order valence-electron chi connectivity index (χ1n) is 6.94. The van der Waals surface area contributed by atoms with Crippen LogP contribution in [0, 0.1) is 0 Å². The molecule has 0 amide bonds. The minimum Gasteiger partial charge on any atom is -0.493 e. The highest BCUT2D eigenvalue weighted by Crippen LogP contribution is 2.23. The number of para-hydroxylation sites is 2. The zero-order valence-electron chi connectivity index (χ0n) is 11.6. The van der Waals surface area contributed by atoms with Gasteiger partial charge in [-0.3, -0.25) is 5.73 Å². The predicted octanol–water partition coefficient (Wildman–Crippen LogP) is -2.19. The summed E-state index contributed by atoms with van der Waals surface area (Å²) in [6.45, 7) is 0. The molecule has 0 aromatic heterocycles.